The third-order valence-corrected chi connectivity index (χ3v) is 4.49. The van der Waals surface area contributed by atoms with Crippen molar-refractivity contribution in [1.29, 1.82) is 0 Å². The zero-order valence-electron chi connectivity index (χ0n) is 15.8. The van der Waals surface area contributed by atoms with Crippen LogP contribution in [-0.4, -0.2) is 30.3 Å². The smallest absolute Gasteiger partial charge is 0.325 e. The van der Waals surface area contributed by atoms with Gasteiger partial charge >= 0.3 is 5.97 Å². The zero-order valence-corrected chi connectivity index (χ0v) is 16.6. The van der Waals surface area contributed by atoms with Crippen LogP contribution in [0.1, 0.15) is 96.8 Å². The molecule has 0 spiro atoms. The Hall–Kier alpha value is -0.320. The molecule has 0 heterocycles. The van der Waals surface area contributed by atoms with Crippen molar-refractivity contribution in [2.75, 3.05) is 7.11 Å². The van der Waals surface area contributed by atoms with Crippen LogP contribution in [-0.2, 0) is 9.53 Å². The molecule has 0 radical (unpaired) electrons. The largest absolute Gasteiger partial charge is 0.468 e. The summed E-state index contributed by atoms with van der Waals surface area (Å²) in [5.74, 6) is -0.535. The Morgan fingerprint density at radius 1 is 0.875 bits per heavy atom. The fourth-order valence-corrected chi connectivity index (χ4v) is 2.84. The SMILES string of the molecule is CCCCCCCCCCCCCCC[C@H](O)[C@H](N)C(=O)OC.Cl. The topological polar surface area (TPSA) is 72.5 Å². The summed E-state index contributed by atoms with van der Waals surface area (Å²) in [4.78, 5) is 11.2. The van der Waals surface area contributed by atoms with Crippen LogP contribution in [0.4, 0.5) is 0 Å². The molecule has 5 heteroatoms. The van der Waals surface area contributed by atoms with Gasteiger partial charge in [0, 0.05) is 0 Å². The van der Waals surface area contributed by atoms with E-state index in [2.05, 4.69) is 11.7 Å². The minimum Gasteiger partial charge on any atom is -0.468 e. The van der Waals surface area contributed by atoms with E-state index in [-0.39, 0.29) is 12.4 Å². The quantitative estimate of drug-likeness (QED) is 0.306. The van der Waals surface area contributed by atoms with Crippen LogP contribution in [0.2, 0.25) is 0 Å². The maximum absolute atomic E-state index is 11.2. The van der Waals surface area contributed by atoms with Gasteiger partial charge in [0.2, 0.25) is 0 Å². The predicted octanol–water partition coefficient (Wildman–Crippen LogP) is 4.75. The van der Waals surface area contributed by atoms with Crippen molar-refractivity contribution in [2.24, 2.45) is 5.73 Å². The predicted molar refractivity (Wildman–Crippen MR) is 104 cm³/mol. The van der Waals surface area contributed by atoms with E-state index < -0.39 is 18.1 Å². The number of hydrogen-bond acceptors (Lipinski definition) is 4. The Balaban J connectivity index is 0. The van der Waals surface area contributed by atoms with E-state index >= 15 is 0 Å². The van der Waals surface area contributed by atoms with Gasteiger partial charge in [0.15, 0.2) is 0 Å². The summed E-state index contributed by atoms with van der Waals surface area (Å²) in [5, 5.41) is 9.77. The van der Waals surface area contributed by atoms with E-state index in [1.165, 1.54) is 77.7 Å². The molecule has 0 aliphatic carbocycles. The Morgan fingerprint density at radius 3 is 1.62 bits per heavy atom. The molecule has 0 saturated carbocycles. The van der Waals surface area contributed by atoms with E-state index in [0.29, 0.717) is 6.42 Å². The van der Waals surface area contributed by atoms with E-state index in [9.17, 15) is 9.90 Å². The van der Waals surface area contributed by atoms with Gasteiger partial charge in [0.25, 0.3) is 0 Å². The highest BCUT2D eigenvalue weighted by atomic mass is 35.5. The summed E-state index contributed by atoms with van der Waals surface area (Å²) in [5.41, 5.74) is 5.59. The third-order valence-electron chi connectivity index (χ3n) is 4.49. The molecule has 0 aliphatic heterocycles. The molecule has 0 aromatic heterocycles. The number of aliphatic hydroxyl groups is 1. The number of aliphatic hydroxyl groups excluding tert-OH is 1. The van der Waals surface area contributed by atoms with Crippen LogP contribution >= 0.6 is 12.4 Å². The minimum absolute atomic E-state index is 0. The lowest BCUT2D eigenvalue weighted by atomic mass is 10.0. The van der Waals surface area contributed by atoms with Gasteiger partial charge in [-0.3, -0.25) is 4.79 Å². The highest BCUT2D eigenvalue weighted by molar-refractivity contribution is 5.85. The second-order valence-corrected chi connectivity index (χ2v) is 6.65. The van der Waals surface area contributed by atoms with Gasteiger partial charge in [0.1, 0.15) is 6.04 Å². The highest BCUT2D eigenvalue weighted by Gasteiger charge is 2.22. The molecule has 0 unspecified atom stereocenters. The normalized spacial score (nSPS) is 13.2. The Morgan fingerprint density at radius 2 is 1.25 bits per heavy atom. The molecule has 0 aromatic rings. The van der Waals surface area contributed by atoms with Crippen LogP contribution < -0.4 is 5.73 Å². The molecule has 3 N–H and O–H groups in total. The number of rotatable bonds is 16. The summed E-state index contributed by atoms with van der Waals surface area (Å²) in [7, 11) is 1.29. The number of methoxy groups -OCH3 is 1. The first-order valence-electron chi connectivity index (χ1n) is 9.65. The highest BCUT2D eigenvalue weighted by Crippen LogP contribution is 2.13. The number of esters is 1. The fourth-order valence-electron chi connectivity index (χ4n) is 2.84. The lowest BCUT2D eigenvalue weighted by Gasteiger charge is -2.16. The molecule has 0 bridgehead atoms. The summed E-state index contributed by atoms with van der Waals surface area (Å²) >= 11 is 0. The van der Waals surface area contributed by atoms with Gasteiger partial charge < -0.3 is 15.6 Å². The average molecular weight is 366 g/mol. The molecule has 2 atom stereocenters. The third kappa shape index (κ3) is 15.2. The number of carbonyl (C=O) groups is 1. The van der Waals surface area contributed by atoms with Crippen LogP contribution in [0.25, 0.3) is 0 Å². The van der Waals surface area contributed by atoms with Crippen molar-refractivity contribution in [1.82, 2.24) is 0 Å². The summed E-state index contributed by atoms with van der Waals surface area (Å²) in [6.45, 7) is 2.26. The molecule has 0 amide bonds. The molecular weight excluding hydrogens is 326 g/mol. The van der Waals surface area contributed by atoms with Gasteiger partial charge in [-0.2, -0.15) is 0 Å². The lowest BCUT2D eigenvalue weighted by Crippen LogP contribution is -2.42. The fraction of sp³-hybridized carbons (Fsp3) is 0.947. The second-order valence-electron chi connectivity index (χ2n) is 6.65. The van der Waals surface area contributed by atoms with Crippen LogP contribution in [0.5, 0.6) is 0 Å². The monoisotopic (exact) mass is 365 g/mol. The Labute approximate surface area is 155 Å². The number of carbonyl (C=O) groups excluding carboxylic acids is 1. The van der Waals surface area contributed by atoms with Crippen LogP contribution in [0, 0.1) is 0 Å². The Kier molecular flexibility index (Phi) is 20.5. The zero-order chi connectivity index (χ0) is 17.3. The minimum atomic E-state index is -0.905. The van der Waals surface area contributed by atoms with Crippen molar-refractivity contribution >= 4 is 18.4 Å². The first-order valence-corrected chi connectivity index (χ1v) is 9.65. The number of hydrogen-bond donors (Lipinski definition) is 2. The lowest BCUT2D eigenvalue weighted by molar-refractivity contribution is -0.145. The van der Waals surface area contributed by atoms with Gasteiger partial charge in [-0.1, -0.05) is 90.4 Å². The summed E-state index contributed by atoms with van der Waals surface area (Å²) in [6.07, 6.45) is 16.7. The number of ether oxygens (including phenoxy) is 1. The van der Waals surface area contributed by atoms with E-state index in [1.807, 2.05) is 0 Å². The standard InChI is InChI=1S/C19H39NO3.ClH/c1-3-4-5-6-7-8-9-10-11-12-13-14-15-16-17(21)18(20)19(22)23-2;/h17-18,21H,3-16,20H2,1-2H3;1H/t17-,18-;/m0./s1. The molecule has 0 rings (SSSR count). The van der Waals surface area contributed by atoms with E-state index in [1.54, 1.807) is 0 Å². The molecule has 24 heavy (non-hydrogen) atoms. The molecule has 4 nitrogen and oxygen atoms in total. The molecular formula is C19H40ClNO3. The number of halogens is 1. The first-order chi connectivity index (χ1) is 11.1. The molecule has 0 aliphatic rings. The van der Waals surface area contributed by atoms with Gasteiger partial charge in [-0.05, 0) is 6.42 Å². The van der Waals surface area contributed by atoms with Crippen molar-refractivity contribution in [3.63, 3.8) is 0 Å². The first kappa shape index (κ1) is 25.9. The van der Waals surface area contributed by atoms with Crippen LogP contribution in [0.3, 0.4) is 0 Å². The van der Waals surface area contributed by atoms with E-state index in [4.69, 9.17) is 5.73 Å². The maximum atomic E-state index is 11.2. The number of unbranched alkanes of at least 4 members (excludes halogenated alkanes) is 12. The molecule has 0 aromatic carbocycles. The van der Waals surface area contributed by atoms with Gasteiger partial charge in [-0.15, -0.1) is 12.4 Å². The maximum Gasteiger partial charge on any atom is 0.325 e. The summed E-state index contributed by atoms with van der Waals surface area (Å²) < 4.78 is 4.53. The average Bonchev–Trinajstić information content (AvgIpc) is 2.57. The van der Waals surface area contributed by atoms with Gasteiger partial charge in [0.05, 0.1) is 13.2 Å². The van der Waals surface area contributed by atoms with E-state index in [0.717, 1.165) is 12.8 Å². The van der Waals surface area contributed by atoms with Gasteiger partial charge in [-0.25, -0.2) is 0 Å². The van der Waals surface area contributed by atoms with Crippen molar-refractivity contribution in [2.45, 2.75) is 109 Å². The Bertz CT molecular complexity index is 277. The molecule has 146 valence electrons. The number of nitrogens with two attached hydrogens (primary N) is 1. The van der Waals surface area contributed by atoms with Crippen molar-refractivity contribution < 1.29 is 14.6 Å². The van der Waals surface area contributed by atoms with Crippen molar-refractivity contribution in [3.8, 4) is 0 Å². The van der Waals surface area contributed by atoms with Crippen molar-refractivity contribution in [3.05, 3.63) is 0 Å². The summed E-state index contributed by atoms with van der Waals surface area (Å²) in [6, 6.07) is -0.905. The molecule has 0 saturated heterocycles. The molecule has 0 fully saturated rings. The van der Waals surface area contributed by atoms with Crippen LogP contribution in [0.15, 0.2) is 0 Å². The second kappa shape index (κ2) is 19.0.